The average Bonchev–Trinajstić information content (AvgIpc) is 3.48. The van der Waals surface area contributed by atoms with E-state index in [1.54, 1.807) is 0 Å². The number of ether oxygens (including phenoxy) is 1. The number of anilines is 1. The van der Waals surface area contributed by atoms with E-state index in [9.17, 15) is 5.11 Å². The van der Waals surface area contributed by atoms with Crippen LogP contribution in [0.25, 0.3) is 16.5 Å². The van der Waals surface area contributed by atoms with Crippen molar-refractivity contribution in [2.24, 2.45) is 11.8 Å². The number of ketones is 2. The normalized spacial score (nSPS) is 23.0. The number of hydrogen-bond donors (Lipinski definition) is 1. The molecule has 1 aromatic heterocycles. The highest BCUT2D eigenvalue weighted by molar-refractivity contribution is 9.10. The Morgan fingerprint density at radius 2 is 1.71 bits per heavy atom. The predicted molar refractivity (Wildman–Crippen MR) is 210 cm³/mol. The molecular weight excluding hydrogens is 738 g/mol. The number of rotatable bonds is 7. The summed E-state index contributed by atoms with van der Waals surface area (Å²) in [6.45, 7) is 12.6. The Hall–Kier alpha value is -3.77. The maximum absolute atomic E-state index is 15.7. The molecule has 0 amide bonds. The lowest BCUT2D eigenvalue weighted by Gasteiger charge is -2.55. The second kappa shape index (κ2) is 12.7. The zero-order valence-corrected chi connectivity index (χ0v) is 34.3. The fourth-order valence-corrected chi connectivity index (χ4v) is 10.4. The molecule has 0 radical (unpaired) electrons. The van der Waals surface area contributed by atoms with Crippen molar-refractivity contribution >= 4 is 58.0 Å². The minimum absolute atomic E-state index is 0.0398. The Bertz CT molecular complexity index is 2150. The van der Waals surface area contributed by atoms with Gasteiger partial charge in [0.25, 0.3) is 5.88 Å². The maximum atomic E-state index is 15.7. The van der Waals surface area contributed by atoms with Gasteiger partial charge in [0.15, 0.2) is 19.7 Å². The van der Waals surface area contributed by atoms with Crippen molar-refractivity contribution in [2.75, 3.05) is 33.1 Å². The SMILES string of the molecule is Cc1c2c(c(N(C)C)c3ccc(Br)cc13)C[C@H]1C[C@H]3[C@H](N(C)C)c4onc(OCc5ccccc5)c4C(=O)C3(O[Si](C)(C)C(C)(C)C)C(=O)C1=C2O. The molecule has 52 heavy (non-hydrogen) atoms. The van der Waals surface area contributed by atoms with Gasteiger partial charge in [-0.15, -0.1) is 0 Å². The van der Waals surface area contributed by atoms with Crippen LogP contribution in [0.1, 0.15) is 71.6 Å². The molecule has 0 bridgehead atoms. The molecule has 7 rings (SSSR count). The Balaban J connectivity index is 1.48. The van der Waals surface area contributed by atoms with E-state index in [1.807, 2.05) is 76.4 Å². The molecule has 1 heterocycles. The van der Waals surface area contributed by atoms with Crippen molar-refractivity contribution in [3.8, 4) is 5.88 Å². The third kappa shape index (κ3) is 5.41. The lowest BCUT2D eigenvalue weighted by atomic mass is 9.57. The van der Waals surface area contributed by atoms with Crippen LogP contribution in [0.3, 0.4) is 0 Å². The second-order valence-corrected chi connectivity index (χ2v) is 22.2. The molecule has 1 N–H and O–H groups in total. The minimum Gasteiger partial charge on any atom is -0.507 e. The van der Waals surface area contributed by atoms with E-state index in [0.717, 1.165) is 37.6 Å². The summed E-state index contributed by atoms with van der Waals surface area (Å²) in [7, 11) is 5.03. The Morgan fingerprint density at radius 3 is 2.35 bits per heavy atom. The largest absolute Gasteiger partial charge is 0.507 e. The summed E-state index contributed by atoms with van der Waals surface area (Å²) in [5, 5.41) is 18.5. The van der Waals surface area contributed by atoms with Gasteiger partial charge in [0.05, 0.1) is 6.04 Å². The van der Waals surface area contributed by atoms with Crippen molar-refractivity contribution in [2.45, 2.75) is 76.9 Å². The average molecular weight is 787 g/mol. The van der Waals surface area contributed by atoms with E-state index < -0.39 is 37.4 Å². The first-order valence-electron chi connectivity index (χ1n) is 17.9. The first-order valence-corrected chi connectivity index (χ1v) is 21.6. The molecule has 4 atom stereocenters. The molecule has 9 nitrogen and oxygen atoms in total. The van der Waals surface area contributed by atoms with E-state index in [4.69, 9.17) is 13.7 Å². The molecule has 4 aromatic rings. The molecule has 3 aliphatic rings. The number of aliphatic hydroxyl groups excluding tert-OH is 1. The molecule has 0 spiro atoms. The van der Waals surface area contributed by atoms with Crippen LogP contribution in [0.2, 0.25) is 18.1 Å². The second-order valence-electron chi connectivity index (χ2n) is 16.6. The summed E-state index contributed by atoms with van der Waals surface area (Å²) in [6, 6.07) is 15.3. The van der Waals surface area contributed by atoms with Gasteiger partial charge in [-0.1, -0.05) is 73.1 Å². The highest BCUT2D eigenvalue weighted by atomic mass is 79.9. The van der Waals surface area contributed by atoms with Gasteiger partial charge in [0.2, 0.25) is 11.6 Å². The minimum atomic E-state index is -2.84. The van der Waals surface area contributed by atoms with Crippen LogP contribution in [0, 0.1) is 18.8 Å². The van der Waals surface area contributed by atoms with Crippen molar-refractivity contribution in [1.29, 1.82) is 0 Å². The molecule has 1 fully saturated rings. The molecule has 3 aromatic carbocycles. The van der Waals surface area contributed by atoms with Gasteiger partial charge in [0.1, 0.15) is 17.9 Å². The van der Waals surface area contributed by atoms with E-state index in [1.165, 1.54) is 0 Å². The molecule has 0 saturated heterocycles. The standard InChI is InChI=1S/C41H48BrN3O6Si/c1-22-27-20-25(42)16-17-26(27)33(44(5)6)28-18-24-19-29-34(45(7)8)36-32(39(43-50-36)49-21-23-14-12-11-13-15-23)38(48)41(29,51-52(9,10)40(2,3)4)37(47)31(24)35(46)30(22)28/h11-17,20,24,29,34,46H,18-19,21H2,1-10H3/t24-,29-,34-,41?/m0/s1. The zero-order valence-electron chi connectivity index (χ0n) is 31.7. The summed E-state index contributed by atoms with van der Waals surface area (Å²) >= 11 is 3.64. The third-order valence-electron chi connectivity index (χ3n) is 11.9. The molecule has 11 heteroatoms. The van der Waals surface area contributed by atoms with Crippen LogP contribution in [-0.4, -0.2) is 68.8 Å². The van der Waals surface area contributed by atoms with Gasteiger partial charge in [0, 0.05) is 46.7 Å². The number of aliphatic hydroxyl groups is 1. The highest BCUT2D eigenvalue weighted by Crippen LogP contribution is 2.59. The van der Waals surface area contributed by atoms with Crippen molar-refractivity contribution in [3.63, 3.8) is 0 Å². The van der Waals surface area contributed by atoms with Gasteiger partial charge in [-0.3, -0.25) is 14.5 Å². The van der Waals surface area contributed by atoms with Gasteiger partial charge in [-0.05, 0) is 97.3 Å². The van der Waals surface area contributed by atoms with E-state index in [-0.39, 0.29) is 40.3 Å². The number of benzene rings is 3. The number of carbonyl (C=O) groups is 2. The Labute approximate surface area is 315 Å². The lowest BCUT2D eigenvalue weighted by molar-refractivity contribution is -0.140. The number of carbonyl (C=O) groups excluding carboxylic acids is 2. The monoisotopic (exact) mass is 785 g/mol. The molecule has 1 saturated carbocycles. The number of halogens is 1. The molecule has 3 aliphatic carbocycles. The predicted octanol–water partition coefficient (Wildman–Crippen LogP) is 8.83. The quantitative estimate of drug-likeness (QED) is 0.145. The van der Waals surface area contributed by atoms with Crippen molar-refractivity contribution in [1.82, 2.24) is 10.1 Å². The first kappa shape index (κ1) is 36.6. The highest BCUT2D eigenvalue weighted by Gasteiger charge is 2.69. The maximum Gasteiger partial charge on any atom is 0.265 e. The number of Topliss-reactive ketones (excluding diaryl/α,β-unsaturated/α-hetero) is 2. The van der Waals surface area contributed by atoms with Gasteiger partial charge in [-0.2, -0.15) is 0 Å². The molecule has 0 aliphatic heterocycles. The number of hydrogen-bond acceptors (Lipinski definition) is 9. The van der Waals surface area contributed by atoms with Crippen LogP contribution < -0.4 is 9.64 Å². The Morgan fingerprint density at radius 1 is 1.02 bits per heavy atom. The number of aryl methyl sites for hydroxylation is 1. The van der Waals surface area contributed by atoms with Crippen LogP contribution >= 0.6 is 15.9 Å². The number of fused-ring (bicyclic) bond motifs is 5. The fourth-order valence-electron chi connectivity index (χ4n) is 8.55. The smallest absolute Gasteiger partial charge is 0.265 e. The van der Waals surface area contributed by atoms with Gasteiger partial charge < -0.3 is 23.7 Å². The topological polar surface area (TPSA) is 105 Å². The van der Waals surface area contributed by atoms with E-state index >= 15 is 9.59 Å². The molecular formula is C41H48BrN3O6Si. The van der Waals surface area contributed by atoms with Crippen molar-refractivity contribution < 1.29 is 28.4 Å². The number of nitrogens with zero attached hydrogens (tertiary/aromatic N) is 3. The molecule has 1 unspecified atom stereocenters. The summed E-state index contributed by atoms with van der Waals surface area (Å²) in [6.07, 6.45) is 0.939. The van der Waals surface area contributed by atoms with Crippen LogP contribution in [-0.2, 0) is 22.2 Å². The summed E-state index contributed by atoms with van der Waals surface area (Å²) in [4.78, 5) is 35.3. The zero-order chi connectivity index (χ0) is 37.7. The van der Waals surface area contributed by atoms with Crippen LogP contribution in [0.15, 0.2) is 63.1 Å². The third-order valence-corrected chi connectivity index (χ3v) is 16.9. The summed E-state index contributed by atoms with van der Waals surface area (Å²) < 4.78 is 20.4. The van der Waals surface area contributed by atoms with E-state index in [0.29, 0.717) is 24.2 Å². The fraction of sp³-hybridized carbons (Fsp3) is 0.439. The van der Waals surface area contributed by atoms with Gasteiger partial charge >= 0.3 is 0 Å². The summed E-state index contributed by atoms with van der Waals surface area (Å²) in [5.41, 5.74) is 2.91. The van der Waals surface area contributed by atoms with Crippen LogP contribution in [0.4, 0.5) is 5.69 Å². The lowest BCUT2D eigenvalue weighted by Crippen LogP contribution is -2.68. The van der Waals surface area contributed by atoms with E-state index in [2.05, 4.69) is 72.0 Å². The summed E-state index contributed by atoms with van der Waals surface area (Å²) in [5.74, 6) is -1.62. The van der Waals surface area contributed by atoms with Crippen LogP contribution in [0.5, 0.6) is 5.88 Å². The van der Waals surface area contributed by atoms with Crippen molar-refractivity contribution in [3.05, 3.63) is 92.2 Å². The number of aromatic nitrogens is 1. The first-order chi connectivity index (χ1) is 24.4. The van der Waals surface area contributed by atoms with Gasteiger partial charge in [-0.25, -0.2) is 0 Å². The Kier molecular flexibility index (Phi) is 8.92. The molecule has 274 valence electrons.